The molecule has 2 aromatic rings. The van der Waals surface area contributed by atoms with E-state index in [4.69, 9.17) is 4.74 Å². The molecule has 0 amide bonds. The first-order valence-electron chi connectivity index (χ1n) is 7.94. The van der Waals surface area contributed by atoms with E-state index in [1.165, 1.54) is 24.3 Å². The highest BCUT2D eigenvalue weighted by molar-refractivity contribution is 7.91. The summed E-state index contributed by atoms with van der Waals surface area (Å²) in [5.74, 6) is -0.0149. The van der Waals surface area contributed by atoms with Gasteiger partial charge < -0.3 is 10.1 Å². The van der Waals surface area contributed by atoms with E-state index >= 15 is 0 Å². The Hall–Kier alpha value is -1.92. The van der Waals surface area contributed by atoms with Gasteiger partial charge in [-0.05, 0) is 43.3 Å². The van der Waals surface area contributed by atoms with Crippen LogP contribution < -0.4 is 10.1 Å². The van der Waals surface area contributed by atoms with Crippen molar-refractivity contribution in [2.45, 2.75) is 34.7 Å². The highest BCUT2D eigenvalue weighted by Crippen LogP contribution is 2.47. The van der Waals surface area contributed by atoms with Gasteiger partial charge in [0.25, 0.3) is 0 Å². The number of rotatable bonds is 2. The lowest BCUT2D eigenvalue weighted by Crippen LogP contribution is -2.49. The van der Waals surface area contributed by atoms with Crippen LogP contribution in [0.3, 0.4) is 0 Å². The Balaban J connectivity index is 1.83. The first kappa shape index (κ1) is 15.6. The number of piperidine rings is 1. The number of benzene rings is 2. The molecule has 1 saturated heterocycles. The molecular formula is C18H18FNO3S. The second-order valence-corrected chi connectivity index (χ2v) is 8.49. The Morgan fingerprint density at radius 2 is 2.04 bits per heavy atom. The number of halogens is 1. The zero-order valence-electron chi connectivity index (χ0n) is 13.3. The van der Waals surface area contributed by atoms with E-state index in [-0.39, 0.29) is 21.3 Å². The van der Waals surface area contributed by atoms with E-state index in [0.29, 0.717) is 0 Å². The van der Waals surface area contributed by atoms with Gasteiger partial charge in [-0.3, -0.25) is 0 Å². The van der Waals surface area contributed by atoms with Crippen LogP contribution in [-0.4, -0.2) is 27.6 Å². The Morgan fingerprint density at radius 3 is 2.83 bits per heavy atom. The van der Waals surface area contributed by atoms with Crippen molar-refractivity contribution in [3.8, 4) is 5.75 Å². The zero-order valence-corrected chi connectivity index (χ0v) is 14.1. The summed E-state index contributed by atoms with van der Waals surface area (Å²) in [6, 6.07) is 10.3. The SMILES string of the molecule is CC12CCNCC1Oc1ccc(S(=O)(=O)c3ccccc3F)cc12. The maximum atomic E-state index is 14.0. The third-order valence-electron chi connectivity index (χ3n) is 5.13. The molecule has 2 aliphatic heterocycles. The van der Waals surface area contributed by atoms with Gasteiger partial charge in [-0.15, -0.1) is 0 Å². The van der Waals surface area contributed by atoms with Gasteiger partial charge in [0.15, 0.2) is 0 Å². The van der Waals surface area contributed by atoms with Crippen molar-refractivity contribution in [2.24, 2.45) is 0 Å². The van der Waals surface area contributed by atoms with Gasteiger partial charge in [-0.1, -0.05) is 19.1 Å². The maximum Gasteiger partial charge on any atom is 0.209 e. The molecule has 0 spiro atoms. The zero-order chi connectivity index (χ0) is 16.9. The molecule has 2 aliphatic rings. The molecular weight excluding hydrogens is 329 g/mol. The van der Waals surface area contributed by atoms with Crippen LogP contribution >= 0.6 is 0 Å². The minimum atomic E-state index is -3.90. The van der Waals surface area contributed by atoms with Crippen LogP contribution in [0.1, 0.15) is 18.9 Å². The molecule has 2 aromatic carbocycles. The van der Waals surface area contributed by atoms with Crippen LogP contribution in [-0.2, 0) is 15.3 Å². The Labute approximate surface area is 140 Å². The third kappa shape index (κ3) is 2.17. The molecule has 2 unspecified atom stereocenters. The molecule has 0 bridgehead atoms. The predicted octanol–water partition coefficient (Wildman–Crippen LogP) is 2.67. The van der Waals surface area contributed by atoms with Gasteiger partial charge in [0, 0.05) is 17.5 Å². The number of hydrogen-bond acceptors (Lipinski definition) is 4. The highest BCUT2D eigenvalue weighted by Gasteiger charge is 2.47. The summed E-state index contributed by atoms with van der Waals surface area (Å²) in [6.45, 7) is 3.70. The van der Waals surface area contributed by atoms with E-state index < -0.39 is 15.7 Å². The molecule has 0 radical (unpaired) electrons. The van der Waals surface area contributed by atoms with Crippen molar-refractivity contribution in [2.75, 3.05) is 13.1 Å². The van der Waals surface area contributed by atoms with Gasteiger partial charge in [-0.2, -0.15) is 0 Å². The van der Waals surface area contributed by atoms with Gasteiger partial charge >= 0.3 is 0 Å². The lowest BCUT2D eigenvalue weighted by molar-refractivity contribution is 0.124. The fourth-order valence-corrected chi connectivity index (χ4v) is 4.97. The Kier molecular flexibility index (Phi) is 3.44. The fourth-order valence-electron chi connectivity index (χ4n) is 3.62. The minimum Gasteiger partial charge on any atom is -0.488 e. The maximum absolute atomic E-state index is 14.0. The summed E-state index contributed by atoms with van der Waals surface area (Å²) < 4.78 is 45.6. The van der Waals surface area contributed by atoms with Crippen molar-refractivity contribution in [1.29, 1.82) is 0 Å². The molecule has 1 fully saturated rings. The molecule has 6 heteroatoms. The second kappa shape index (κ2) is 5.29. The predicted molar refractivity (Wildman–Crippen MR) is 87.5 cm³/mol. The van der Waals surface area contributed by atoms with E-state index in [9.17, 15) is 12.8 Å². The first-order valence-corrected chi connectivity index (χ1v) is 9.43. The highest BCUT2D eigenvalue weighted by atomic mass is 32.2. The summed E-state index contributed by atoms with van der Waals surface area (Å²) >= 11 is 0. The molecule has 24 heavy (non-hydrogen) atoms. The van der Waals surface area contributed by atoms with E-state index in [1.807, 2.05) is 0 Å². The molecule has 1 N–H and O–H groups in total. The largest absolute Gasteiger partial charge is 0.488 e. The van der Waals surface area contributed by atoms with Crippen molar-refractivity contribution in [3.05, 3.63) is 53.8 Å². The lowest BCUT2D eigenvalue weighted by atomic mass is 9.74. The van der Waals surface area contributed by atoms with Gasteiger partial charge in [0.2, 0.25) is 9.84 Å². The number of sulfone groups is 1. The quantitative estimate of drug-likeness (QED) is 0.907. The van der Waals surface area contributed by atoms with Crippen molar-refractivity contribution in [3.63, 3.8) is 0 Å². The smallest absolute Gasteiger partial charge is 0.209 e. The second-order valence-electron chi connectivity index (χ2n) is 6.57. The molecule has 4 nitrogen and oxygen atoms in total. The van der Waals surface area contributed by atoms with Crippen molar-refractivity contribution < 1.29 is 17.5 Å². The summed E-state index contributed by atoms with van der Waals surface area (Å²) in [4.78, 5) is -0.189. The molecule has 2 heterocycles. The monoisotopic (exact) mass is 347 g/mol. The topological polar surface area (TPSA) is 55.4 Å². The van der Waals surface area contributed by atoms with Crippen LogP contribution in [0.15, 0.2) is 52.3 Å². The average Bonchev–Trinajstić information content (AvgIpc) is 2.87. The number of nitrogens with one attached hydrogen (secondary N) is 1. The number of fused-ring (bicyclic) bond motifs is 3. The molecule has 4 rings (SSSR count). The average molecular weight is 347 g/mol. The lowest BCUT2D eigenvalue weighted by Gasteiger charge is -2.35. The molecule has 2 atom stereocenters. The van der Waals surface area contributed by atoms with Crippen LogP contribution in [0.4, 0.5) is 4.39 Å². The first-order chi connectivity index (χ1) is 11.4. The summed E-state index contributed by atoms with van der Waals surface area (Å²) in [5.41, 5.74) is 0.674. The molecule has 0 saturated carbocycles. The van der Waals surface area contributed by atoms with Crippen LogP contribution in [0, 0.1) is 5.82 Å². The van der Waals surface area contributed by atoms with Crippen molar-refractivity contribution >= 4 is 9.84 Å². The summed E-state index contributed by atoms with van der Waals surface area (Å²) in [5, 5.41) is 3.30. The Bertz CT molecular complexity index is 912. The van der Waals surface area contributed by atoms with Crippen molar-refractivity contribution in [1.82, 2.24) is 5.32 Å². The summed E-state index contributed by atoms with van der Waals surface area (Å²) in [7, 11) is -3.90. The normalized spacial score (nSPS) is 25.7. The van der Waals surface area contributed by atoms with Crippen LogP contribution in [0.2, 0.25) is 0 Å². The molecule has 0 aliphatic carbocycles. The number of ether oxygens (including phenoxy) is 1. The molecule has 126 valence electrons. The van der Waals surface area contributed by atoms with E-state index in [2.05, 4.69) is 12.2 Å². The van der Waals surface area contributed by atoms with Crippen LogP contribution in [0.5, 0.6) is 5.75 Å². The van der Waals surface area contributed by atoms with E-state index in [0.717, 1.165) is 36.9 Å². The van der Waals surface area contributed by atoms with Gasteiger partial charge in [0.05, 0.1) is 4.90 Å². The standard InChI is InChI=1S/C18H18FNO3S/c1-18-8-9-20-11-17(18)23-15-7-6-12(10-13(15)18)24(21,22)16-5-3-2-4-14(16)19/h2-7,10,17,20H,8-9,11H2,1H3. The minimum absolute atomic E-state index is 0.00679. The van der Waals surface area contributed by atoms with E-state index in [1.54, 1.807) is 12.1 Å². The van der Waals surface area contributed by atoms with Gasteiger partial charge in [0.1, 0.15) is 22.6 Å². The Morgan fingerprint density at radius 1 is 1.25 bits per heavy atom. The van der Waals surface area contributed by atoms with Crippen LogP contribution in [0.25, 0.3) is 0 Å². The fraction of sp³-hybridized carbons (Fsp3) is 0.333. The molecule has 0 aromatic heterocycles. The number of hydrogen-bond donors (Lipinski definition) is 1. The van der Waals surface area contributed by atoms with Gasteiger partial charge in [-0.25, -0.2) is 12.8 Å². The summed E-state index contributed by atoms with van der Waals surface area (Å²) in [6.07, 6.45) is 0.862. The third-order valence-corrected chi connectivity index (χ3v) is 6.92.